The van der Waals surface area contributed by atoms with Crippen LogP contribution in [0.15, 0.2) is 53.4 Å². The number of hydrogen-bond acceptors (Lipinski definition) is 6. The van der Waals surface area contributed by atoms with E-state index in [1.54, 1.807) is 29.2 Å². The van der Waals surface area contributed by atoms with Crippen molar-refractivity contribution in [3.8, 4) is 17.2 Å². The number of hydrogen-bond donors (Lipinski definition) is 0. The molecule has 2 aromatic rings. The minimum atomic E-state index is -3.75. The maximum absolute atomic E-state index is 13.1. The molecule has 11 heteroatoms. The molecule has 2 aliphatic rings. The van der Waals surface area contributed by atoms with Gasteiger partial charge in [-0.05, 0) is 35.9 Å². The summed E-state index contributed by atoms with van der Waals surface area (Å²) in [5, 5.41) is 0. The van der Waals surface area contributed by atoms with E-state index in [-0.39, 0.29) is 42.7 Å². The molecule has 0 aliphatic carbocycles. The first kappa shape index (κ1) is 24.0. The molecule has 1 amide bonds. The van der Waals surface area contributed by atoms with E-state index in [0.717, 1.165) is 6.42 Å². The third-order valence-electron chi connectivity index (χ3n) is 5.43. The number of ether oxygens (including phenoxy) is 3. The SMILES string of the molecule is O=C(C=Cc1ccc(OC(F)F)cc1)N1CCN(S(=O)(=O)c2ccc3c(c2)OCCCO3)CC1. The number of rotatable bonds is 6. The largest absolute Gasteiger partial charge is 0.490 e. The quantitative estimate of drug-likeness (QED) is 0.574. The smallest absolute Gasteiger partial charge is 0.387 e. The van der Waals surface area contributed by atoms with Crippen molar-refractivity contribution in [1.29, 1.82) is 0 Å². The highest BCUT2D eigenvalue weighted by molar-refractivity contribution is 7.89. The summed E-state index contributed by atoms with van der Waals surface area (Å²) in [6, 6.07) is 10.5. The van der Waals surface area contributed by atoms with E-state index < -0.39 is 16.6 Å². The summed E-state index contributed by atoms with van der Waals surface area (Å²) in [5.41, 5.74) is 0.644. The van der Waals surface area contributed by atoms with Crippen LogP contribution in [0.25, 0.3) is 6.08 Å². The van der Waals surface area contributed by atoms with E-state index in [2.05, 4.69) is 4.74 Å². The lowest BCUT2D eigenvalue weighted by molar-refractivity contribution is -0.127. The van der Waals surface area contributed by atoms with Crippen LogP contribution in [0.2, 0.25) is 0 Å². The number of amides is 1. The molecule has 0 N–H and O–H groups in total. The number of alkyl halides is 2. The van der Waals surface area contributed by atoms with Crippen LogP contribution in [0.3, 0.4) is 0 Å². The molecule has 0 spiro atoms. The molecule has 182 valence electrons. The third-order valence-corrected chi connectivity index (χ3v) is 7.33. The fourth-order valence-corrected chi connectivity index (χ4v) is 5.07. The molecule has 2 heterocycles. The lowest BCUT2D eigenvalue weighted by Gasteiger charge is -2.33. The standard InChI is InChI=1S/C23H24F2N2O6S/c24-23(25)33-18-5-2-17(3-6-18)4-9-22(28)26-10-12-27(13-11-26)34(29,30)19-7-8-20-21(16-19)32-15-1-14-31-20/h2-9,16,23H,1,10-15H2. The number of fused-ring (bicyclic) bond motifs is 1. The van der Waals surface area contributed by atoms with Gasteiger partial charge in [-0.15, -0.1) is 0 Å². The molecule has 1 fully saturated rings. The summed E-state index contributed by atoms with van der Waals surface area (Å²) in [7, 11) is -3.75. The highest BCUT2D eigenvalue weighted by Gasteiger charge is 2.30. The molecule has 0 radical (unpaired) electrons. The van der Waals surface area contributed by atoms with Gasteiger partial charge in [0.15, 0.2) is 11.5 Å². The number of carbonyl (C=O) groups is 1. The first-order valence-electron chi connectivity index (χ1n) is 10.7. The van der Waals surface area contributed by atoms with Crippen LogP contribution in [0.4, 0.5) is 8.78 Å². The van der Waals surface area contributed by atoms with Gasteiger partial charge in [-0.2, -0.15) is 13.1 Å². The molecule has 34 heavy (non-hydrogen) atoms. The molecule has 0 unspecified atom stereocenters. The highest BCUT2D eigenvalue weighted by atomic mass is 32.2. The van der Waals surface area contributed by atoms with Crippen molar-refractivity contribution in [2.45, 2.75) is 17.9 Å². The zero-order valence-corrected chi connectivity index (χ0v) is 19.0. The molecule has 1 saturated heterocycles. The van der Waals surface area contributed by atoms with E-state index in [1.165, 1.54) is 34.6 Å². The Morgan fingerprint density at radius 1 is 0.971 bits per heavy atom. The molecule has 4 rings (SSSR count). The van der Waals surface area contributed by atoms with Crippen molar-refractivity contribution in [2.75, 3.05) is 39.4 Å². The van der Waals surface area contributed by atoms with Crippen molar-refractivity contribution < 1.29 is 36.2 Å². The van der Waals surface area contributed by atoms with Gasteiger partial charge in [0.25, 0.3) is 0 Å². The molecule has 0 atom stereocenters. The number of nitrogens with zero attached hydrogens (tertiary/aromatic N) is 2. The molecule has 0 bridgehead atoms. The number of halogens is 2. The van der Waals surface area contributed by atoms with Gasteiger partial charge in [0, 0.05) is 44.7 Å². The zero-order chi connectivity index (χ0) is 24.1. The van der Waals surface area contributed by atoms with Crippen molar-refractivity contribution >= 4 is 22.0 Å². The number of piperazine rings is 1. The van der Waals surface area contributed by atoms with Gasteiger partial charge in [-0.1, -0.05) is 12.1 Å². The summed E-state index contributed by atoms with van der Waals surface area (Å²) >= 11 is 0. The summed E-state index contributed by atoms with van der Waals surface area (Å²) in [4.78, 5) is 14.2. The zero-order valence-electron chi connectivity index (χ0n) is 18.2. The van der Waals surface area contributed by atoms with Crippen LogP contribution in [0, 0.1) is 0 Å². The summed E-state index contributed by atoms with van der Waals surface area (Å²) in [6.07, 6.45) is 3.66. The first-order valence-corrected chi connectivity index (χ1v) is 12.2. The van der Waals surface area contributed by atoms with Crippen LogP contribution in [-0.4, -0.2) is 69.5 Å². The van der Waals surface area contributed by atoms with Gasteiger partial charge >= 0.3 is 6.61 Å². The van der Waals surface area contributed by atoms with Gasteiger partial charge in [-0.3, -0.25) is 4.79 Å². The van der Waals surface area contributed by atoms with Crippen molar-refractivity contribution in [1.82, 2.24) is 9.21 Å². The van der Waals surface area contributed by atoms with Gasteiger partial charge in [0.05, 0.1) is 18.1 Å². The minimum absolute atomic E-state index is 0.0318. The lowest BCUT2D eigenvalue weighted by atomic mass is 10.2. The molecule has 2 aromatic carbocycles. The van der Waals surface area contributed by atoms with Crippen molar-refractivity contribution in [3.05, 3.63) is 54.1 Å². The average molecular weight is 495 g/mol. The third kappa shape index (κ3) is 5.65. The fraction of sp³-hybridized carbons (Fsp3) is 0.348. The van der Waals surface area contributed by atoms with Gasteiger partial charge < -0.3 is 19.1 Å². The van der Waals surface area contributed by atoms with Crippen LogP contribution < -0.4 is 14.2 Å². The first-order chi connectivity index (χ1) is 16.3. The topological polar surface area (TPSA) is 85.4 Å². The Morgan fingerprint density at radius 2 is 1.65 bits per heavy atom. The van der Waals surface area contributed by atoms with E-state index in [4.69, 9.17) is 9.47 Å². The second-order valence-electron chi connectivity index (χ2n) is 7.67. The lowest BCUT2D eigenvalue weighted by Crippen LogP contribution is -2.50. The van der Waals surface area contributed by atoms with E-state index >= 15 is 0 Å². The Hall–Kier alpha value is -3.18. The highest BCUT2D eigenvalue weighted by Crippen LogP contribution is 2.33. The molecule has 2 aliphatic heterocycles. The molecule has 8 nitrogen and oxygen atoms in total. The maximum atomic E-state index is 13.1. The molecule has 0 saturated carbocycles. The minimum Gasteiger partial charge on any atom is -0.490 e. The van der Waals surface area contributed by atoms with Gasteiger partial charge in [0.1, 0.15) is 5.75 Å². The second kappa shape index (κ2) is 10.4. The van der Waals surface area contributed by atoms with Crippen LogP contribution in [0.1, 0.15) is 12.0 Å². The Bertz CT molecular complexity index is 1150. The number of sulfonamides is 1. The number of carbonyl (C=O) groups excluding carboxylic acids is 1. The Balaban J connectivity index is 1.34. The van der Waals surface area contributed by atoms with Crippen LogP contribution in [0.5, 0.6) is 17.2 Å². The van der Waals surface area contributed by atoms with Crippen molar-refractivity contribution in [2.24, 2.45) is 0 Å². The summed E-state index contributed by atoms with van der Waals surface area (Å²) in [5.74, 6) is 0.700. The Labute approximate surface area is 196 Å². The van der Waals surface area contributed by atoms with E-state index in [1.807, 2.05) is 0 Å². The van der Waals surface area contributed by atoms with Gasteiger partial charge in [-0.25, -0.2) is 8.42 Å². The number of benzene rings is 2. The molecule has 0 aromatic heterocycles. The Kier molecular flexibility index (Phi) is 7.32. The predicted octanol–water partition coefficient (Wildman–Crippen LogP) is 3.00. The van der Waals surface area contributed by atoms with Gasteiger partial charge in [0.2, 0.25) is 15.9 Å². The van der Waals surface area contributed by atoms with E-state index in [9.17, 15) is 22.0 Å². The van der Waals surface area contributed by atoms with Crippen LogP contribution in [-0.2, 0) is 14.8 Å². The monoisotopic (exact) mass is 494 g/mol. The van der Waals surface area contributed by atoms with Crippen molar-refractivity contribution in [3.63, 3.8) is 0 Å². The predicted molar refractivity (Wildman–Crippen MR) is 119 cm³/mol. The normalized spacial score (nSPS) is 17.1. The average Bonchev–Trinajstić information content (AvgIpc) is 3.08. The summed E-state index contributed by atoms with van der Waals surface area (Å²) < 4.78 is 67.4. The van der Waals surface area contributed by atoms with E-state index in [0.29, 0.717) is 30.3 Å². The Morgan fingerprint density at radius 3 is 2.32 bits per heavy atom. The fourth-order valence-electron chi connectivity index (χ4n) is 3.64. The van der Waals surface area contributed by atoms with Crippen LogP contribution >= 0.6 is 0 Å². The molecular formula is C23H24F2N2O6S. The summed E-state index contributed by atoms with van der Waals surface area (Å²) in [6.45, 7) is -1.11. The maximum Gasteiger partial charge on any atom is 0.387 e. The molecular weight excluding hydrogens is 470 g/mol. The second-order valence-corrected chi connectivity index (χ2v) is 9.61.